The summed E-state index contributed by atoms with van der Waals surface area (Å²) in [7, 11) is 3.67. The zero-order valence-electron chi connectivity index (χ0n) is 11.2. The number of anilines is 1. The number of carbonyl (C=O) groups excluding carboxylic acids is 1. The van der Waals surface area contributed by atoms with Crippen molar-refractivity contribution in [3.63, 3.8) is 0 Å². The second-order valence-corrected chi connectivity index (χ2v) is 4.09. The van der Waals surface area contributed by atoms with E-state index in [2.05, 4.69) is 25.7 Å². The van der Waals surface area contributed by atoms with Crippen LogP contribution in [0.2, 0.25) is 0 Å². The Balaban J connectivity index is 1.89. The van der Waals surface area contributed by atoms with Gasteiger partial charge < -0.3 is 9.88 Å². The number of hydrogen-bond acceptors (Lipinski definition) is 4. The van der Waals surface area contributed by atoms with Gasteiger partial charge in [0.25, 0.3) is 0 Å². The van der Waals surface area contributed by atoms with Gasteiger partial charge in [0.1, 0.15) is 11.6 Å². The van der Waals surface area contributed by atoms with Crippen LogP contribution < -0.4 is 10.6 Å². The number of amides is 2. The van der Waals surface area contributed by atoms with Crippen molar-refractivity contribution in [1.29, 1.82) is 0 Å². The summed E-state index contributed by atoms with van der Waals surface area (Å²) in [5.41, 5.74) is 0. The third-order valence-electron chi connectivity index (χ3n) is 2.72. The van der Waals surface area contributed by atoms with Crippen LogP contribution in [0.25, 0.3) is 0 Å². The minimum atomic E-state index is -0.351. The first-order chi connectivity index (χ1) is 9.10. The van der Waals surface area contributed by atoms with E-state index in [9.17, 15) is 4.79 Å². The predicted molar refractivity (Wildman–Crippen MR) is 69.4 cm³/mol. The van der Waals surface area contributed by atoms with Crippen LogP contribution >= 0.6 is 0 Å². The highest BCUT2D eigenvalue weighted by Crippen LogP contribution is 2.02. The number of rotatable bonds is 4. The maximum atomic E-state index is 11.7. The van der Waals surface area contributed by atoms with Gasteiger partial charge in [-0.2, -0.15) is 4.98 Å². The summed E-state index contributed by atoms with van der Waals surface area (Å²) in [4.78, 5) is 20.0. The summed E-state index contributed by atoms with van der Waals surface area (Å²) >= 11 is 0. The van der Waals surface area contributed by atoms with Gasteiger partial charge in [0.2, 0.25) is 5.95 Å². The lowest BCUT2D eigenvalue weighted by Crippen LogP contribution is -2.29. The largest absolute Gasteiger partial charge is 0.337 e. The van der Waals surface area contributed by atoms with E-state index in [0.717, 1.165) is 18.1 Å². The van der Waals surface area contributed by atoms with Crippen LogP contribution in [-0.4, -0.2) is 30.3 Å². The van der Waals surface area contributed by atoms with Crippen molar-refractivity contribution in [3.8, 4) is 0 Å². The fourth-order valence-corrected chi connectivity index (χ4v) is 1.65. The van der Waals surface area contributed by atoms with Crippen LogP contribution in [0.3, 0.4) is 0 Å². The van der Waals surface area contributed by atoms with E-state index in [1.54, 1.807) is 17.9 Å². The van der Waals surface area contributed by atoms with Crippen LogP contribution in [0.15, 0.2) is 12.4 Å². The number of nitrogens with one attached hydrogen (secondary N) is 2. The highest BCUT2D eigenvalue weighted by atomic mass is 16.2. The van der Waals surface area contributed by atoms with Gasteiger partial charge in [0, 0.05) is 32.9 Å². The highest BCUT2D eigenvalue weighted by molar-refractivity contribution is 5.87. The first-order valence-corrected chi connectivity index (χ1v) is 6.01. The Bertz CT molecular complexity index is 571. The minimum absolute atomic E-state index is 0.302. The molecule has 0 spiro atoms. The highest BCUT2D eigenvalue weighted by Gasteiger charge is 2.09. The van der Waals surface area contributed by atoms with Gasteiger partial charge in [-0.25, -0.2) is 9.78 Å². The molecule has 0 aromatic carbocycles. The Morgan fingerprint density at radius 2 is 2.16 bits per heavy atom. The van der Waals surface area contributed by atoms with E-state index >= 15 is 0 Å². The Morgan fingerprint density at radius 1 is 1.37 bits per heavy atom. The van der Waals surface area contributed by atoms with E-state index in [1.807, 2.05) is 24.7 Å². The fraction of sp³-hybridized carbons (Fsp3) is 0.455. The number of carbonyl (C=O) groups is 1. The van der Waals surface area contributed by atoms with Crippen molar-refractivity contribution in [2.24, 2.45) is 14.1 Å². The van der Waals surface area contributed by atoms with Crippen LogP contribution in [-0.2, 0) is 27.1 Å². The molecule has 0 bridgehead atoms. The molecule has 2 heterocycles. The summed E-state index contributed by atoms with van der Waals surface area (Å²) in [6.45, 7) is 2.33. The molecule has 2 aromatic heterocycles. The maximum Gasteiger partial charge on any atom is 0.322 e. The van der Waals surface area contributed by atoms with Crippen molar-refractivity contribution in [2.45, 2.75) is 19.9 Å². The third kappa shape index (κ3) is 3.09. The van der Waals surface area contributed by atoms with Gasteiger partial charge >= 0.3 is 6.03 Å². The first-order valence-electron chi connectivity index (χ1n) is 6.01. The number of aromatic nitrogens is 5. The zero-order chi connectivity index (χ0) is 13.8. The van der Waals surface area contributed by atoms with Crippen molar-refractivity contribution in [3.05, 3.63) is 24.0 Å². The van der Waals surface area contributed by atoms with Crippen molar-refractivity contribution in [2.75, 3.05) is 5.32 Å². The molecule has 19 heavy (non-hydrogen) atoms. The van der Waals surface area contributed by atoms with Crippen molar-refractivity contribution >= 4 is 12.0 Å². The normalized spacial score (nSPS) is 10.5. The van der Waals surface area contributed by atoms with Gasteiger partial charge in [-0.3, -0.25) is 10.00 Å². The minimum Gasteiger partial charge on any atom is -0.337 e. The molecule has 0 saturated carbocycles. The average molecular weight is 263 g/mol. The Hall–Kier alpha value is -2.38. The molecule has 0 aliphatic carbocycles. The van der Waals surface area contributed by atoms with Gasteiger partial charge in [0.15, 0.2) is 0 Å². The second-order valence-electron chi connectivity index (χ2n) is 4.09. The third-order valence-corrected chi connectivity index (χ3v) is 2.72. The molecule has 2 N–H and O–H groups in total. The van der Waals surface area contributed by atoms with E-state index in [4.69, 9.17) is 0 Å². The van der Waals surface area contributed by atoms with Crippen LogP contribution in [0.5, 0.6) is 0 Å². The molecule has 0 fully saturated rings. The van der Waals surface area contributed by atoms with Crippen molar-refractivity contribution in [1.82, 2.24) is 29.6 Å². The molecule has 0 radical (unpaired) electrons. The van der Waals surface area contributed by atoms with Crippen LogP contribution in [0.1, 0.15) is 18.6 Å². The first kappa shape index (κ1) is 13.1. The molecule has 2 aromatic rings. The topological polar surface area (TPSA) is 89.7 Å². The molecular formula is C11H17N7O. The lowest BCUT2D eigenvalue weighted by atomic mass is 10.5. The Kier molecular flexibility index (Phi) is 3.79. The molecule has 2 rings (SSSR count). The Morgan fingerprint density at radius 3 is 2.74 bits per heavy atom. The second kappa shape index (κ2) is 5.51. The Labute approximate surface area is 110 Å². The molecule has 0 saturated heterocycles. The predicted octanol–water partition coefficient (Wildman–Crippen LogP) is 0.433. The molecule has 0 atom stereocenters. The van der Waals surface area contributed by atoms with Crippen LogP contribution in [0, 0.1) is 0 Å². The monoisotopic (exact) mass is 263 g/mol. The average Bonchev–Trinajstić information content (AvgIpc) is 2.93. The summed E-state index contributed by atoms with van der Waals surface area (Å²) in [5.74, 6) is 1.90. The maximum absolute atomic E-state index is 11.7. The fourth-order valence-electron chi connectivity index (χ4n) is 1.65. The smallest absolute Gasteiger partial charge is 0.322 e. The SMILES string of the molecule is CCc1nc(NC(=O)NCc2nccn2C)nn1C. The number of imidazole rings is 1. The van der Waals surface area contributed by atoms with Gasteiger partial charge in [-0.1, -0.05) is 6.92 Å². The molecule has 0 unspecified atom stereocenters. The van der Waals surface area contributed by atoms with E-state index < -0.39 is 0 Å². The lowest BCUT2D eigenvalue weighted by Gasteiger charge is -2.04. The lowest BCUT2D eigenvalue weighted by molar-refractivity contribution is 0.251. The summed E-state index contributed by atoms with van der Waals surface area (Å²) in [6, 6.07) is -0.351. The summed E-state index contributed by atoms with van der Waals surface area (Å²) in [5, 5.41) is 9.38. The molecule has 0 aliphatic heterocycles. The molecule has 8 heteroatoms. The number of nitrogens with zero attached hydrogens (tertiary/aromatic N) is 5. The number of hydrogen-bond donors (Lipinski definition) is 2. The molecule has 102 valence electrons. The molecule has 0 aliphatic rings. The zero-order valence-corrected chi connectivity index (χ0v) is 11.2. The molecule has 8 nitrogen and oxygen atoms in total. The quantitative estimate of drug-likeness (QED) is 0.837. The van der Waals surface area contributed by atoms with E-state index in [1.165, 1.54) is 0 Å². The van der Waals surface area contributed by atoms with Gasteiger partial charge in [-0.05, 0) is 0 Å². The summed E-state index contributed by atoms with van der Waals surface area (Å²) < 4.78 is 3.49. The standard InChI is InChI=1S/C11H17N7O/c1-4-8-14-10(16-18(8)3)15-11(19)13-7-9-12-5-6-17(9)2/h5-6H,4,7H2,1-3H3,(H2,13,15,16,19). The molecule has 2 amide bonds. The number of aryl methyl sites for hydroxylation is 3. The van der Waals surface area contributed by atoms with Gasteiger partial charge in [-0.15, -0.1) is 5.10 Å². The van der Waals surface area contributed by atoms with E-state index in [0.29, 0.717) is 12.5 Å². The number of urea groups is 1. The van der Waals surface area contributed by atoms with Crippen molar-refractivity contribution < 1.29 is 4.79 Å². The van der Waals surface area contributed by atoms with E-state index in [-0.39, 0.29) is 6.03 Å². The van der Waals surface area contributed by atoms with Crippen LogP contribution in [0.4, 0.5) is 10.7 Å². The van der Waals surface area contributed by atoms with Gasteiger partial charge in [0.05, 0.1) is 6.54 Å². The molecular weight excluding hydrogens is 246 g/mol. The summed E-state index contributed by atoms with van der Waals surface area (Å²) in [6.07, 6.45) is 4.27.